The first-order valence-corrected chi connectivity index (χ1v) is 7.46. The van der Waals surface area contributed by atoms with E-state index < -0.39 is 0 Å². The predicted molar refractivity (Wildman–Crippen MR) is 86.5 cm³/mol. The largest absolute Gasteiger partial charge is 0.324 e. The van der Waals surface area contributed by atoms with Crippen molar-refractivity contribution in [3.63, 3.8) is 0 Å². The van der Waals surface area contributed by atoms with Gasteiger partial charge in [-0.3, -0.25) is 4.79 Å². The van der Waals surface area contributed by atoms with Crippen LogP contribution in [0.4, 0.5) is 10.1 Å². The fourth-order valence-electron chi connectivity index (χ4n) is 2.12. The Morgan fingerprint density at radius 1 is 1.27 bits per heavy atom. The number of hydrogen-bond donors (Lipinski definition) is 2. The number of nitrogens with one attached hydrogen (secondary N) is 2. The van der Waals surface area contributed by atoms with Gasteiger partial charge in [0.25, 0.3) is 5.91 Å². The second-order valence-corrected chi connectivity index (χ2v) is 5.81. The van der Waals surface area contributed by atoms with Crippen LogP contribution in [0.3, 0.4) is 0 Å². The van der Waals surface area contributed by atoms with Gasteiger partial charge in [-0.2, -0.15) is 0 Å². The molecule has 0 fully saturated rings. The van der Waals surface area contributed by atoms with E-state index in [-0.39, 0.29) is 17.8 Å². The molecule has 3 nitrogen and oxygen atoms in total. The predicted octanol–water partition coefficient (Wildman–Crippen LogP) is 2.52. The molecule has 2 rings (SSSR count). The zero-order valence-electron chi connectivity index (χ0n) is 12.6. The third-order valence-electron chi connectivity index (χ3n) is 3.62. The smallest absolute Gasteiger partial charge is 0.282 e. The van der Waals surface area contributed by atoms with Gasteiger partial charge in [0.2, 0.25) is 0 Å². The van der Waals surface area contributed by atoms with Crippen molar-refractivity contribution in [3.05, 3.63) is 64.9 Å². The Morgan fingerprint density at radius 2 is 1.95 bits per heavy atom. The van der Waals surface area contributed by atoms with Gasteiger partial charge >= 0.3 is 0 Å². The van der Waals surface area contributed by atoms with E-state index in [0.29, 0.717) is 17.3 Å². The normalized spacial score (nSPS) is 13.5. The standard InChI is InChI=1S/C17H18ClFN2O/c1-12(17(22)20-16-5-3-4-14(18)10-16)21(2)11-13-6-8-15(19)9-7-13/h3-10,12H,11H2,1-2H3,(H,20,22)/p+1/t12-/m1/s1. The van der Waals surface area contributed by atoms with Gasteiger partial charge in [-0.25, -0.2) is 4.39 Å². The molecule has 1 unspecified atom stereocenters. The van der Waals surface area contributed by atoms with Crippen molar-refractivity contribution in [1.29, 1.82) is 0 Å². The number of carbonyl (C=O) groups excluding carboxylic acids is 1. The van der Waals surface area contributed by atoms with E-state index in [0.717, 1.165) is 10.5 Å². The molecular weight excluding hydrogens is 303 g/mol. The third-order valence-corrected chi connectivity index (χ3v) is 3.86. The van der Waals surface area contributed by atoms with Crippen molar-refractivity contribution in [1.82, 2.24) is 0 Å². The summed E-state index contributed by atoms with van der Waals surface area (Å²) in [6, 6.07) is 13.1. The molecule has 0 saturated heterocycles. The van der Waals surface area contributed by atoms with Crippen LogP contribution in [-0.4, -0.2) is 19.0 Å². The number of likely N-dealkylation sites (N-methyl/N-ethyl adjacent to an activating group) is 1. The monoisotopic (exact) mass is 321 g/mol. The van der Waals surface area contributed by atoms with Gasteiger partial charge in [0.15, 0.2) is 6.04 Å². The number of quaternary nitrogens is 1. The van der Waals surface area contributed by atoms with E-state index >= 15 is 0 Å². The minimum Gasteiger partial charge on any atom is -0.324 e. The number of amides is 1. The molecule has 22 heavy (non-hydrogen) atoms. The fraction of sp³-hybridized carbons (Fsp3) is 0.235. The number of carbonyl (C=O) groups is 1. The molecule has 0 radical (unpaired) electrons. The first kappa shape index (κ1) is 16.5. The average molecular weight is 322 g/mol. The van der Waals surface area contributed by atoms with Crippen molar-refractivity contribution in [2.24, 2.45) is 0 Å². The van der Waals surface area contributed by atoms with Crippen LogP contribution in [0.5, 0.6) is 0 Å². The van der Waals surface area contributed by atoms with Crippen LogP contribution in [0.2, 0.25) is 5.02 Å². The zero-order chi connectivity index (χ0) is 16.1. The molecule has 2 N–H and O–H groups in total. The number of rotatable bonds is 5. The molecule has 2 atom stereocenters. The number of halogens is 2. The highest BCUT2D eigenvalue weighted by molar-refractivity contribution is 6.30. The molecule has 1 amide bonds. The molecule has 2 aromatic carbocycles. The van der Waals surface area contributed by atoms with E-state index in [1.807, 2.05) is 14.0 Å². The first-order chi connectivity index (χ1) is 10.5. The molecule has 0 bridgehead atoms. The van der Waals surface area contributed by atoms with Gasteiger partial charge in [0, 0.05) is 16.3 Å². The number of anilines is 1. The molecule has 0 aliphatic heterocycles. The summed E-state index contributed by atoms with van der Waals surface area (Å²) in [6.07, 6.45) is 0. The SMILES string of the molecule is C[C@H](C(=O)Nc1cccc(Cl)c1)[NH+](C)Cc1ccc(F)cc1. The van der Waals surface area contributed by atoms with Crippen molar-refractivity contribution in [2.45, 2.75) is 19.5 Å². The summed E-state index contributed by atoms with van der Waals surface area (Å²) in [5, 5.41) is 3.44. The van der Waals surface area contributed by atoms with Crippen molar-refractivity contribution < 1.29 is 14.1 Å². The number of hydrogen-bond acceptors (Lipinski definition) is 1. The van der Waals surface area contributed by atoms with Crippen LogP contribution >= 0.6 is 11.6 Å². The molecule has 2 aromatic rings. The van der Waals surface area contributed by atoms with Crippen LogP contribution in [0.15, 0.2) is 48.5 Å². The molecule has 0 saturated carbocycles. The molecule has 0 aliphatic carbocycles. The lowest BCUT2D eigenvalue weighted by molar-refractivity contribution is -0.907. The lowest BCUT2D eigenvalue weighted by Crippen LogP contribution is -3.12. The van der Waals surface area contributed by atoms with Gasteiger partial charge in [-0.05, 0) is 37.3 Å². The summed E-state index contributed by atoms with van der Waals surface area (Å²) in [5.41, 5.74) is 1.67. The Bertz CT molecular complexity index is 645. The van der Waals surface area contributed by atoms with Gasteiger partial charge in [-0.15, -0.1) is 0 Å². The average Bonchev–Trinajstić information content (AvgIpc) is 2.48. The summed E-state index contributed by atoms with van der Waals surface area (Å²) >= 11 is 5.90. The van der Waals surface area contributed by atoms with Crippen LogP contribution in [0.1, 0.15) is 12.5 Å². The highest BCUT2D eigenvalue weighted by Crippen LogP contribution is 2.14. The van der Waals surface area contributed by atoms with Gasteiger partial charge in [0.1, 0.15) is 12.4 Å². The fourth-order valence-corrected chi connectivity index (χ4v) is 2.31. The minimum absolute atomic E-state index is 0.0816. The lowest BCUT2D eigenvalue weighted by Gasteiger charge is -2.21. The second-order valence-electron chi connectivity index (χ2n) is 5.37. The molecule has 5 heteroatoms. The maximum Gasteiger partial charge on any atom is 0.282 e. The lowest BCUT2D eigenvalue weighted by atomic mass is 10.2. The van der Waals surface area contributed by atoms with E-state index in [2.05, 4.69) is 5.32 Å². The quantitative estimate of drug-likeness (QED) is 0.872. The van der Waals surface area contributed by atoms with Crippen molar-refractivity contribution in [3.8, 4) is 0 Å². The van der Waals surface area contributed by atoms with E-state index in [9.17, 15) is 9.18 Å². The zero-order valence-corrected chi connectivity index (χ0v) is 13.3. The van der Waals surface area contributed by atoms with E-state index in [4.69, 9.17) is 11.6 Å². The Kier molecular flexibility index (Phi) is 5.52. The van der Waals surface area contributed by atoms with Crippen molar-refractivity contribution in [2.75, 3.05) is 12.4 Å². The third kappa shape index (κ3) is 4.55. The van der Waals surface area contributed by atoms with Gasteiger partial charge in [-0.1, -0.05) is 29.8 Å². The summed E-state index contributed by atoms with van der Waals surface area (Å²) < 4.78 is 12.9. The molecular formula is C17H19ClFN2O+. The summed E-state index contributed by atoms with van der Waals surface area (Å²) in [6.45, 7) is 2.50. The number of benzene rings is 2. The molecule has 0 aromatic heterocycles. The summed E-state index contributed by atoms with van der Waals surface area (Å²) in [7, 11) is 1.94. The van der Waals surface area contributed by atoms with E-state index in [1.165, 1.54) is 12.1 Å². The van der Waals surface area contributed by atoms with Gasteiger partial charge < -0.3 is 10.2 Å². The Hall–Kier alpha value is -1.91. The summed E-state index contributed by atoms with van der Waals surface area (Å²) in [4.78, 5) is 13.3. The van der Waals surface area contributed by atoms with Crippen LogP contribution in [0, 0.1) is 5.82 Å². The highest BCUT2D eigenvalue weighted by Gasteiger charge is 2.22. The highest BCUT2D eigenvalue weighted by atomic mass is 35.5. The second kappa shape index (κ2) is 7.38. The minimum atomic E-state index is -0.256. The Balaban J connectivity index is 1.95. The van der Waals surface area contributed by atoms with Crippen LogP contribution in [0.25, 0.3) is 0 Å². The summed E-state index contributed by atoms with van der Waals surface area (Å²) in [5.74, 6) is -0.338. The molecule has 0 aliphatic rings. The van der Waals surface area contributed by atoms with Gasteiger partial charge in [0.05, 0.1) is 7.05 Å². The molecule has 0 spiro atoms. The Morgan fingerprint density at radius 3 is 2.59 bits per heavy atom. The van der Waals surface area contributed by atoms with Crippen LogP contribution in [-0.2, 0) is 11.3 Å². The van der Waals surface area contributed by atoms with Crippen molar-refractivity contribution >= 4 is 23.2 Å². The first-order valence-electron chi connectivity index (χ1n) is 7.09. The molecule has 116 valence electrons. The van der Waals surface area contributed by atoms with Crippen LogP contribution < -0.4 is 10.2 Å². The van der Waals surface area contributed by atoms with E-state index in [1.54, 1.807) is 36.4 Å². The topological polar surface area (TPSA) is 33.5 Å². The maximum absolute atomic E-state index is 12.9. The Labute approximate surface area is 134 Å². The molecule has 0 heterocycles. The maximum atomic E-state index is 12.9.